The minimum absolute atomic E-state index is 0.115. The highest BCUT2D eigenvalue weighted by molar-refractivity contribution is 5.93. The fourth-order valence-corrected chi connectivity index (χ4v) is 2.50. The van der Waals surface area contributed by atoms with Gasteiger partial charge in [0.2, 0.25) is 0 Å². The zero-order valence-corrected chi connectivity index (χ0v) is 13.8. The van der Waals surface area contributed by atoms with Gasteiger partial charge in [0.25, 0.3) is 0 Å². The van der Waals surface area contributed by atoms with Crippen LogP contribution in [-0.4, -0.2) is 12.8 Å². The van der Waals surface area contributed by atoms with Gasteiger partial charge in [-0.3, -0.25) is 0 Å². The quantitative estimate of drug-likeness (QED) is 0.689. The second kappa shape index (κ2) is 7.04. The number of carbonyl (C=O) groups is 1. The standard InChI is InChI=1S/C20H20N2O2/c1-14-6-5-9-19(15(14)2)24-13-21-20(23)22-18-11-10-16-7-3-4-8-17(16)12-18/h3-12H,13H2,1-2H3,(H2,21,22,23). The van der Waals surface area contributed by atoms with Gasteiger partial charge in [-0.2, -0.15) is 0 Å². The third kappa shape index (κ3) is 3.66. The first kappa shape index (κ1) is 15.9. The first-order valence-electron chi connectivity index (χ1n) is 7.86. The first-order chi connectivity index (χ1) is 11.6. The predicted octanol–water partition coefficient (Wildman–Crippen LogP) is 4.61. The number of amides is 2. The minimum Gasteiger partial charge on any atom is -0.473 e. The molecule has 4 heteroatoms. The van der Waals surface area contributed by atoms with Crippen molar-refractivity contribution in [1.29, 1.82) is 0 Å². The molecule has 3 aromatic carbocycles. The summed E-state index contributed by atoms with van der Waals surface area (Å²) in [5, 5.41) is 7.74. The van der Waals surface area contributed by atoms with Gasteiger partial charge in [0.05, 0.1) is 0 Å². The van der Waals surface area contributed by atoms with Crippen LogP contribution in [-0.2, 0) is 0 Å². The number of carbonyl (C=O) groups excluding carboxylic acids is 1. The summed E-state index contributed by atoms with van der Waals surface area (Å²) in [5.41, 5.74) is 2.99. The monoisotopic (exact) mass is 320 g/mol. The molecule has 0 saturated heterocycles. The number of nitrogens with one attached hydrogen (secondary N) is 2. The van der Waals surface area contributed by atoms with Crippen molar-refractivity contribution in [1.82, 2.24) is 5.32 Å². The van der Waals surface area contributed by atoms with Crippen molar-refractivity contribution < 1.29 is 9.53 Å². The lowest BCUT2D eigenvalue weighted by atomic mass is 10.1. The maximum Gasteiger partial charge on any atom is 0.321 e. The number of fused-ring (bicyclic) bond motifs is 1. The molecule has 0 aliphatic carbocycles. The number of hydrogen-bond acceptors (Lipinski definition) is 2. The summed E-state index contributed by atoms with van der Waals surface area (Å²) < 4.78 is 5.62. The van der Waals surface area contributed by atoms with E-state index in [1.165, 1.54) is 0 Å². The van der Waals surface area contributed by atoms with Crippen LogP contribution in [0.5, 0.6) is 5.75 Å². The van der Waals surface area contributed by atoms with E-state index < -0.39 is 0 Å². The van der Waals surface area contributed by atoms with E-state index in [1.54, 1.807) is 0 Å². The van der Waals surface area contributed by atoms with Crippen molar-refractivity contribution >= 4 is 22.5 Å². The SMILES string of the molecule is Cc1cccc(OCNC(=O)Nc2ccc3ccccc3c2)c1C. The van der Waals surface area contributed by atoms with Crippen molar-refractivity contribution in [2.75, 3.05) is 12.0 Å². The molecule has 0 atom stereocenters. The van der Waals surface area contributed by atoms with Crippen LogP contribution in [0, 0.1) is 13.8 Å². The molecule has 0 aromatic heterocycles. The molecule has 0 saturated carbocycles. The number of urea groups is 1. The van der Waals surface area contributed by atoms with Gasteiger partial charge in [-0.1, -0.05) is 42.5 Å². The van der Waals surface area contributed by atoms with Gasteiger partial charge in [0.15, 0.2) is 6.73 Å². The fraction of sp³-hybridized carbons (Fsp3) is 0.150. The molecule has 2 amide bonds. The highest BCUT2D eigenvalue weighted by atomic mass is 16.5. The average molecular weight is 320 g/mol. The van der Waals surface area contributed by atoms with E-state index in [4.69, 9.17) is 4.74 Å². The lowest BCUT2D eigenvalue weighted by molar-refractivity contribution is 0.234. The molecule has 0 aliphatic rings. The maximum absolute atomic E-state index is 12.0. The summed E-state index contributed by atoms with van der Waals surface area (Å²) in [5.74, 6) is 0.779. The Hall–Kier alpha value is -3.01. The van der Waals surface area contributed by atoms with E-state index >= 15 is 0 Å². The van der Waals surface area contributed by atoms with Crippen molar-refractivity contribution in [2.24, 2.45) is 0 Å². The topological polar surface area (TPSA) is 50.4 Å². The Kier molecular flexibility index (Phi) is 4.66. The van der Waals surface area contributed by atoms with Crippen molar-refractivity contribution in [2.45, 2.75) is 13.8 Å². The Labute approximate surface area is 141 Å². The molecule has 4 nitrogen and oxygen atoms in total. The number of ether oxygens (including phenoxy) is 1. The molecule has 0 fully saturated rings. The third-order valence-corrected chi connectivity index (χ3v) is 4.02. The fourth-order valence-electron chi connectivity index (χ4n) is 2.50. The van der Waals surface area contributed by atoms with Crippen molar-refractivity contribution in [3.05, 3.63) is 71.8 Å². The number of rotatable bonds is 4. The molecule has 2 N–H and O–H groups in total. The van der Waals surface area contributed by atoms with E-state index in [-0.39, 0.29) is 12.8 Å². The number of aryl methyl sites for hydroxylation is 1. The van der Waals surface area contributed by atoms with Gasteiger partial charge in [0, 0.05) is 5.69 Å². The van der Waals surface area contributed by atoms with Gasteiger partial charge in [-0.15, -0.1) is 0 Å². The lowest BCUT2D eigenvalue weighted by Crippen LogP contribution is -2.32. The Bertz CT molecular complexity index is 874. The molecular weight excluding hydrogens is 300 g/mol. The molecule has 3 rings (SSSR count). The average Bonchev–Trinajstić information content (AvgIpc) is 2.58. The molecule has 0 unspecified atom stereocenters. The summed E-state index contributed by atoms with van der Waals surface area (Å²) >= 11 is 0. The van der Waals surface area contributed by atoms with Crippen LogP contribution in [0.2, 0.25) is 0 Å². The van der Waals surface area contributed by atoms with E-state index in [0.717, 1.165) is 33.3 Å². The van der Waals surface area contributed by atoms with Crippen LogP contribution >= 0.6 is 0 Å². The molecule has 0 bridgehead atoms. The minimum atomic E-state index is -0.296. The molecule has 3 aromatic rings. The molecule has 0 radical (unpaired) electrons. The maximum atomic E-state index is 12.0. The van der Waals surface area contributed by atoms with Crippen LogP contribution in [0.4, 0.5) is 10.5 Å². The lowest BCUT2D eigenvalue weighted by Gasteiger charge is -2.12. The number of hydrogen-bond donors (Lipinski definition) is 2. The van der Waals surface area contributed by atoms with Gasteiger partial charge in [-0.05, 0) is 53.9 Å². The highest BCUT2D eigenvalue weighted by Crippen LogP contribution is 2.20. The van der Waals surface area contributed by atoms with Gasteiger partial charge in [0.1, 0.15) is 5.75 Å². The zero-order valence-electron chi connectivity index (χ0n) is 13.8. The van der Waals surface area contributed by atoms with Gasteiger partial charge in [-0.25, -0.2) is 4.79 Å². The molecule has 0 spiro atoms. The zero-order chi connectivity index (χ0) is 16.9. The van der Waals surface area contributed by atoms with E-state index in [2.05, 4.69) is 10.6 Å². The van der Waals surface area contributed by atoms with E-state index in [0.29, 0.717) is 0 Å². The Morgan fingerprint density at radius 2 is 1.75 bits per heavy atom. The van der Waals surface area contributed by atoms with E-state index in [1.807, 2.05) is 74.5 Å². The molecule has 24 heavy (non-hydrogen) atoms. The second-order valence-corrected chi connectivity index (χ2v) is 5.68. The van der Waals surface area contributed by atoms with Crippen LogP contribution in [0.1, 0.15) is 11.1 Å². The smallest absolute Gasteiger partial charge is 0.321 e. The van der Waals surface area contributed by atoms with Crippen molar-refractivity contribution in [3.63, 3.8) is 0 Å². The van der Waals surface area contributed by atoms with Gasteiger partial charge >= 0.3 is 6.03 Å². The summed E-state index contributed by atoms with van der Waals surface area (Å²) in [7, 11) is 0. The van der Waals surface area contributed by atoms with Crippen LogP contribution < -0.4 is 15.4 Å². The molecule has 0 heterocycles. The van der Waals surface area contributed by atoms with Crippen molar-refractivity contribution in [3.8, 4) is 5.75 Å². The normalized spacial score (nSPS) is 10.4. The second-order valence-electron chi connectivity index (χ2n) is 5.68. The first-order valence-corrected chi connectivity index (χ1v) is 7.86. The third-order valence-electron chi connectivity index (χ3n) is 4.02. The summed E-state index contributed by atoms with van der Waals surface area (Å²) in [6.45, 7) is 4.14. The summed E-state index contributed by atoms with van der Waals surface area (Å²) in [6.07, 6.45) is 0. The van der Waals surface area contributed by atoms with Crippen LogP contribution in [0.3, 0.4) is 0 Å². The van der Waals surface area contributed by atoms with E-state index in [9.17, 15) is 4.79 Å². The summed E-state index contributed by atoms with van der Waals surface area (Å²) in [4.78, 5) is 12.0. The highest BCUT2D eigenvalue weighted by Gasteiger charge is 2.04. The van der Waals surface area contributed by atoms with Crippen LogP contribution in [0.25, 0.3) is 10.8 Å². The predicted molar refractivity (Wildman–Crippen MR) is 97.5 cm³/mol. The largest absolute Gasteiger partial charge is 0.473 e. The molecule has 122 valence electrons. The molecule has 0 aliphatic heterocycles. The Morgan fingerprint density at radius 3 is 2.58 bits per heavy atom. The summed E-state index contributed by atoms with van der Waals surface area (Å²) in [6, 6.07) is 19.4. The number of benzene rings is 3. The molecular formula is C20H20N2O2. The Morgan fingerprint density at radius 1 is 0.958 bits per heavy atom. The number of anilines is 1. The Balaban J connectivity index is 1.56. The van der Waals surface area contributed by atoms with Gasteiger partial charge < -0.3 is 15.4 Å². The van der Waals surface area contributed by atoms with Crippen LogP contribution in [0.15, 0.2) is 60.7 Å².